The Morgan fingerprint density at radius 1 is 1.35 bits per heavy atom. The van der Waals surface area contributed by atoms with E-state index in [2.05, 4.69) is 51.5 Å². The minimum Gasteiger partial charge on any atom is -0.380 e. The monoisotopic (exact) mass is 293 g/mol. The summed E-state index contributed by atoms with van der Waals surface area (Å²) in [7, 11) is 1.94. The van der Waals surface area contributed by atoms with E-state index in [0.717, 1.165) is 22.4 Å². The Morgan fingerprint density at radius 2 is 2.12 bits per heavy atom. The molecule has 0 atom stereocenters. The van der Waals surface area contributed by atoms with Gasteiger partial charge in [-0.25, -0.2) is 0 Å². The predicted octanol–water partition coefficient (Wildman–Crippen LogP) is 3.41. The van der Waals surface area contributed by atoms with E-state index in [4.69, 9.17) is 0 Å². The summed E-state index contributed by atoms with van der Waals surface area (Å²) in [4.78, 5) is 0. The Morgan fingerprint density at radius 3 is 2.76 bits per heavy atom. The van der Waals surface area contributed by atoms with Crippen LogP contribution in [0.15, 0.2) is 28.9 Å². The van der Waals surface area contributed by atoms with Gasteiger partial charge in [-0.15, -0.1) is 0 Å². The predicted molar refractivity (Wildman–Crippen MR) is 74.2 cm³/mol. The van der Waals surface area contributed by atoms with Gasteiger partial charge in [0.25, 0.3) is 0 Å². The van der Waals surface area contributed by atoms with Crippen LogP contribution < -0.4 is 5.32 Å². The van der Waals surface area contributed by atoms with Crippen molar-refractivity contribution < 1.29 is 0 Å². The lowest BCUT2D eigenvalue weighted by atomic mass is 10.2. The van der Waals surface area contributed by atoms with Crippen molar-refractivity contribution in [1.29, 1.82) is 0 Å². The van der Waals surface area contributed by atoms with E-state index in [1.54, 1.807) is 0 Å². The standard InChI is InChI=1S/C13H16BrN3/c1-9-4-5-12(14)13(6-9)15-7-11-8-17(3)16-10(11)2/h4-6,8,15H,7H2,1-3H3. The zero-order valence-corrected chi connectivity index (χ0v) is 11.9. The maximum Gasteiger partial charge on any atom is 0.0643 e. The summed E-state index contributed by atoms with van der Waals surface area (Å²) in [6.07, 6.45) is 2.05. The van der Waals surface area contributed by atoms with E-state index in [1.165, 1.54) is 11.1 Å². The molecule has 0 fully saturated rings. The smallest absolute Gasteiger partial charge is 0.0643 e. The molecule has 0 spiro atoms. The molecule has 0 radical (unpaired) electrons. The summed E-state index contributed by atoms with van der Waals surface area (Å²) < 4.78 is 2.93. The number of hydrogen-bond donors (Lipinski definition) is 1. The summed E-state index contributed by atoms with van der Waals surface area (Å²) >= 11 is 3.54. The van der Waals surface area contributed by atoms with Crippen molar-refractivity contribution in [2.24, 2.45) is 7.05 Å². The van der Waals surface area contributed by atoms with Crippen molar-refractivity contribution in [2.45, 2.75) is 20.4 Å². The summed E-state index contributed by atoms with van der Waals surface area (Å²) in [5, 5.41) is 7.75. The Bertz CT molecular complexity index is 531. The number of hydrogen-bond acceptors (Lipinski definition) is 2. The van der Waals surface area contributed by atoms with Crippen LogP contribution in [0.2, 0.25) is 0 Å². The van der Waals surface area contributed by atoms with Gasteiger partial charge < -0.3 is 5.32 Å². The lowest BCUT2D eigenvalue weighted by Gasteiger charge is -2.08. The molecular formula is C13H16BrN3. The van der Waals surface area contributed by atoms with Crippen LogP contribution in [0, 0.1) is 13.8 Å². The minimum atomic E-state index is 0.793. The molecule has 1 N–H and O–H groups in total. The van der Waals surface area contributed by atoms with E-state index in [0.29, 0.717) is 0 Å². The fourth-order valence-corrected chi connectivity index (χ4v) is 2.17. The zero-order chi connectivity index (χ0) is 12.4. The van der Waals surface area contributed by atoms with E-state index < -0.39 is 0 Å². The molecule has 0 bridgehead atoms. The summed E-state index contributed by atoms with van der Waals surface area (Å²) in [6, 6.07) is 6.29. The van der Waals surface area contributed by atoms with Gasteiger partial charge in [0.2, 0.25) is 0 Å². The number of nitrogens with one attached hydrogen (secondary N) is 1. The zero-order valence-electron chi connectivity index (χ0n) is 10.3. The van der Waals surface area contributed by atoms with Gasteiger partial charge in [-0.2, -0.15) is 5.10 Å². The number of halogens is 1. The van der Waals surface area contributed by atoms with Gasteiger partial charge in [0.05, 0.1) is 5.69 Å². The third kappa shape index (κ3) is 2.88. The van der Waals surface area contributed by atoms with Crippen molar-refractivity contribution in [3.05, 3.63) is 45.7 Å². The Balaban J connectivity index is 2.12. The molecule has 1 aromatic heterocycles. The Labute approximate surface area is 110 Å². The van der Waals surface area contributed by atoms with E-state index in [-0.39, 0.29) is 0 Å². The lowest BCUT2D eigenvalue weighted by molar-refractivity contribution is 0.756. The van der Waals surface area contributed by atoms with E-state index >= 15 is 0 Å². The number of rotatable bonds is 3. The molecule has 2 rings (SSSR count). The normalized spacial score (nSPS) is 10.6. The van der Waals surface area contributed by atoms with Gasteiger partial charge in [0, 0.05) is 35.5 Å². The maximum absolute atomic E-state index is 4.33. The third-order valence-corrected chi connectivity index (χ3v) is 3.40. The van der Waals surface area contributed by atoms with Crippen LogP contribution in [0.25, 0.3) is 0 Å². The molecular weight excluding hydrogens is 278 g/mol. The highest BCUT2D eigenvalue weighted by Gasteiger charge is 2.04. The number of aryl methyl sites for hydroxylation is 3. The van der Waals surface area contributed by atoms with E-state index in [1.807, 2.05) is 24.9 Å². The third-order valence-electron chi connectivity index (χ3n) is 2.71. The van der Waals surface area contributed by atoms with Crippen LogP contribution in [0.1, 0.15) is 16.8 Å². The number of aromatic nitrogens is 2. The van der Waals surface area contributed by atoms with Gasteiger partial charge in [-0.3, -0.25) is 4.68 Å². The Hall–Kier alpha value is -1.29. The van der Waals surface area contributed by atoms with Crippen molar-refractivity contribution in [1.82, 2.24) is 9.78 Å². The quantitative estimate of drug-likeness (QED) is 0.940. The minimum absolute atomic E-state index is 0.793. The van der Waals surface area contributed by atoms with Crippen molar-refractivity contribution in [2.75, 3.05) is 5.32 Å². The van der Waals surface area contributed by atoms with Crippen LogP contribution in [0.3, 0.4) is 0 Å². The first kappa shape index (κ1) is 12.2. The lowest BCUT2D eigenvalue weighted by Crippen LogP contribution is -2.00. The highest BCUT2D eigenvalue weighted by molar-refractivity contribution is 9.10. The van der Waals surface area contributed by atoms with Crippen LogP contribution in [-0.4, -0.2) is 9.78 Å². The molecule has 3 nitrogen and oxygen atoms in total. The van der Waals surface area contributed by atoms with Gasteiger partial charge in [-0.1, -0.05) is 6.07 Å². The highest BCUT2D eigenvalue weighted by Crippen LogP contribution is 2.24. The Kier molecular flexibility index (Phi) is 3.52. The second-order valence-electron chi connectivity index (χ2n) is 4.25. The maximum atomic E-state index is 4.33. The second-order valence-corrected chi connectivity index (χ2v) is 5.10. The molecule has 17 heavy (non-hydrogen) atoms. The molecule has 0 unspecified atom stereocenters. The fourth-order valence-electron chi connectivity index (χ4n) is 1.79. The van der Waals surface area contributed by atoms with E-state index in [9.17, 15) is 0 Å². The molecule has 1 heterocycles. The molecule has 0 amide bonds. The topological polar surface area (TPSA) is 29.9 Å². The van der Waals surface area contributed by atoms with Crippen LogP contribution in [-0.2, 0) is 13.6 Å². The highest BCUT2D eigenvalue weighted by atomic mass is 79.9. The van der Waals surface area contributed by atoms with Crippen LogP contribution in [0.5, 0.6) is 0 Å². The molecule has 4 heteroatoms. The largest absolute Gasteiger partial charge is 0.380 e. The van der Waals surface area contributed by atoms with Gasteiger partial charge >= 0.3 is 0 Å². The first-order chi connectivity index (χ1) is 8.06. The molecule has 0 aliphatic heterocycles. The average molecular weight is 294 g/mol. The molecule has 90 valence electrons. The number of anilines is 1. The fraction of sp³-hybridized carbons (Fsp3) is 0.308. The number of benzene rings is 1. The summed E-state index contributed by atoms with van der Waals surface area (Å²) in [5.41, 5.74) is 4.66. The second kappa shape index (κ2) is 4.92. The molecule has 0 saturated heterocycles. The van der Waals surface area contributed by atoms with Crippen molar-refractivity contribution >= 4 is 21.6 Å². The molecule has 0 aliphatic carbocycles. The van der Waals surface area contributed by atoms with Crippen molar-refractivity contribution in [3.8, 4) is 0 Å². The van der Waals surface area contributed by atoms with Gasteiger partial charge in [-0.05, 0) is 47.5 Å². The molecule has 1 aromatic carbocycles. The summed E-state index contributed by atoms with van der Waals surface area (Å²) in [5.74, 6) is 0. The summed E-state index contributed by atoms with van der Waals surface area (Å²) in [6.45, 7) is 4.91. The molecule has 2 aromatic rings. The first-order valence-corrected chi connectivity index (χ1v) is 6.34. The van der Waals surface area contributed by atoms with Crippen molar-refractivity contribution in [3.63, 3.8) is 0 Å². The average Bonchev–Trinajstić information content (AvgIpc) is 2.59. The molecule has 0 saturated carbocycles. The SMILES string of the molecule is Cc1ccc(Br)c(NCc2cn(C)nc2C)c1. The first-order valence-electron chi connectivity index (χ1n) is 5.55. The van der Waals surface area contributed by atoms with Gasteiger partial charge in [0.1, 0.15) is 0 Å². The van der Waals surface area contributed by atoms with Gasteiger partial charge in [0.15, 0.2) is 0 Å². The van der Waals surface area contributed by atoms with Crippen LogP contribution >= 0.6 is 15.9 Å². The van der Waals surface area contributed by atoms with Crippen LogP contribution in [0.4, 0.5) is 5.69 Å². The molecule has 0 aliphatic rings. The number of nitrogens with zero attached hydrogens (tertiary/aromatic N) is 2.